The summed E-state index contributed by atoms with van der Waals surface area (Å²) in [5.74, 6) is 0.538. The van der Waals surface area contributed by atoms with Gasteiger partial charge in [-0.2, -0.15) is 0 Å². The lowest BCUT2D eigenvalue weighted by molar-refractivity contribution is 1.40. The molecule has 2 N–H and O–H groups in total. The first-order chi connectivity index (χ1) is 6.36. The minimum atomic E-state index is 0.538. The third kappa shape index (κ3) is 3.30. The Kier molecular flexibility index (Phi) is 4.06. The highest BCUT2D eigenvalue weighted by Crippen LogP contribution is 2.10. The monoisotopic (exact) mass is 194 g/mol. The summed E-state index contributed by atoms with van der Waals surface area (Å²) < 4.78 is 0. The highest BCUT2D eigenvalue weighted by atomic mass is 35.5. The maximum Gasteiger partial charge on any atom is 0.0474 e. The molecule has 0 aliphatic heterocycles. The summed E-state index contributed by atoms with van der Waals surface area (Å²) in [5, 5.41) is 9.79. The van der Waals surface area contributed by atoms with Crippen molar-refractivity contribution in [3.05, 3.63) is 42.1 Å². The molecule has 13 heavy (non-hydrogen) atoms. The van der Waals surface area contributed by atoms with Crippen molar-refractivity contribution in [1.82, 2.24) is 0 Å². The molecular formula is C10H11ClN2. The zero-order valence-electron chi connectivity index (χ0n) is 7.13. The standard InChI is InChI=1S/C10H11ClN2/c11-8-9-2-4-10(5-3-9)13-7-1-6-12/h1-7,12-13H,8H2/b7-1-,12-6?. The van der Waals surface area contributed by atoms with Crippen LogP contribution in [0.5, 0.6) is 0 Å². The topological polar surface area (TPSA) is 35.9 Å². The molecule has 0 spiro atoms. The van der Waals surface area contributed by atoms with E-state index < -0.39 is 0 Å². The van der Waals surface area contributed by atoms with Gasteiger partial charge in [0, 0.05) is 24.0 Å². The van der Waals surface area contributed by atoms with Crippen LogP contribution in [-0.2, 0) is 5.88 Å². The number of anilines is 1. The minimum absolute atomic E-state index is 0.538. The van der Waals surface area contributed by atoms with Gasteiger partial charge in [-0.3, -0.25) is 0 Å². The maximum atomic E-state index is 6.76. The fourth-order valence-electron chi connectivity index (χ4n) is 0.883. The molecule has 0 fully saturated rings. The largest absolute Gasteiger partial charge is 0.362 e. The molecule has 1 aromatic carbocycles. The van der Waals surface area contributed by atoms with Crippen molar-refractivity contribution >= 4 is 23.5 Å². The number of benzene rings is 1. The third-order valence-electron chi connectivity index (χ3n) is 1.55. The van der Waals surface area contributed by atoms with Crippen molar-refractivity contribution in [1.29, 1.82) is 5.41 Å². The fraction of sp³-hybridized carbons (Fsp3) is 0.100. The molecule has 1 aromatic rings. The van der Waals surface area contributed by atoms with Crippen molar-refractivity contribution in [2.24, 2.45) is 0 Å². The van der Waals surface area contributed by atoms with Crippen LogP contribution in [0.1, 0.15) is 5.56 Å². The highest BCUT2D eigenvalue weighted by Gasteiger charge is 1.89. The second-order valence-corrected chi connectivity index (χ2v) is 2.77. The van der Waals surface area contributed by atoms with Crippen LogP contribution in [-0.4, -0.2) is 6.21 Å². The summed E-state index contributed by atoms with van der Waals surface area (Å²) in [5.41, 5.74) is 2.09. The van der Waals surface area contributed by atoms with Crippen LogP contribution >= 0.6 is 11.6 Å². The molecule has 0 aliphatic rings. The summed E-state index contributed by atoms with van der Waals surface area (Å²) >= 11 is 5.64. The molecule has 0 unspecified atom stereocenters. The lowest BCUT2D eigenvalue weighted by atomic mass is 10.2. The molecule has 0 aliphatic carbocycles. The van der Waals surface area contributed by atoms with E-state index in [1.54, 1.807) is 12.3 Å². The average Bonchev–Trinajstić information content (AvgIpc) is 2.19. The van der Waals surface area contributed by atoms with E-state index in [1.165, 1.54) is 6.21 Å². The maximum absolute atomic E-state index is 6.76. The smallest absolute Gasteiger partial charge is 0.0474 e. The Morgan fingerprint density at radius 1 is 1.31 bits per heavy atom. The summed E-state index contributed by atoms with van der Waals surface area (Å²) in [6.45, 7) is 0. The van der Waals surface area contributed by atoms with Crippen molar-refractivity contribution in [3.63, 3.8) is 0 Å². The van der Waals surface area contributed by atoms with Crippen LogP contribution in [0.2, 0.25) is 0 Å². The molecule has 1 rings (SSSR count). The van der Waals surface area contributed by atoms with Gasteiger partial charge in [0.2, 0.25) is 0 Å². The summed E-state index contributed by atoms with van der Waals surface area (Å²) in [6.07, 6.45) is 4.55. The van der Waals surface area contributed by atoms with Crippen LogP contribution in [0.4, 0.5) is 5.69 Å². The van der Waals surface area contributed by atoms with Crippen LogP contribution in [0.15, 0.2) is 36.5 Å². The Morgan fingerprint density at radius 3 is 2.54 bits per heavy atom. The van der Waals surface area contributed by atoms with E-state index in [0.29, 0.717) is 5.88 Å². The van der Waals surface area contributed by atoms with Crippen LogP contribution < -0.4 is 5.32 Å². The molecule has 68 valence electrons. The van der Waals surface area contributed by atoms with Crippen molar-refractivity contribution in [2.75, 3.05) is 5.32 Å². The Hall–Kier alpha value is -1.28. The van der Waals surface area contributed by atoms with Crippen LogP contribution in [0.3, 0.4) is 0 Å². The zero-order valence-corrected chi connectivity index (χ0v) is 7.88. The van der Waals surface area contributed by atoms with Gasteiger partial charge in [0.1, 0.15) is 0 Å². The second-order valence-electron chi connectivity index (χ2n) is 2.50. The lowest BCUT2D eigenvalue weighted by Crippen LogP contribution is -1.87. The molecule has 0 radical (unpaired) electrons. The van der Waals surface area contributed by atoms with E-state index in [2.05, 4.69) is 5.32 Å². The van der Waals surface area contributed by atoms with Gasteiger partial charge in [0.25, 0.3) is 0 Å². The Morgan fingerprint density at radius 2 is 2.00 bits per heavy atom. The van der Waals surface area contributed by atoms with E-state index in [1.807, 2.05) is 24.3 Å². The second kappa shape index (κ2) is 5.38. The molecule has 0 amide bonds. The number of alkyl halides is 1. The van der Waals surface area contributed by atoms with Crippen LogP contribution in [0, 0.1) is 5.41 Å². The SMILES string of the molecule is N=C/C=C\Nc1ccc(CCl)cc1. The minimum Gasteiger partial charge on any atom is -0.362 e. The molecule has 3 heteroatoms. The van der Waals surface area contributed by atoms with E-state index in [9.17, 15) is 0 Å². The Bertz CT molecular complexity index is 290. The molecular weight excluding hydrogens is 184 g/mol. The van der Waals surface area contributed by atoms with Gasteiger partial charge in [-0.15, -0.1) is 11.6 Å². The number of allylic oxidation sites excluding steroid dienone is 1. The quantitative estimate of drug-likeness (QED) is 0.561. The number of hydrogen-bond donors (Lipinski definition) is 2. The first-order valence-corrected chi connectivity index (χ1v) is 4.47. The summed E-state index contributed by atoms with van der Waals surface area (Å²) in [4.78, 5) is 0. The normalized spacial score (nSPS) is 10.2. The van der Waals surface area contributed by atoms with Gasteiger partial charge in [-0.05, 0) is 23.8 Å². The van der Waals surface area contributed by atoms with E-state index in [-0.39, 0.29) is 0 Å². The van der Waals surface area contributed by atoms with E-state index in [4.69, 9.17) is 17.0 Å². The van der Waals surface area contributed by atoms with Gasteiger partial charge in [-0.25, -0.2) is 0 Å². The summed E-state index contributed by atoms with van der Waals surface area (Å²) in [7, 11) is 0. The molecule has 0 saturated carbocycles. The van der Waals surface area contributed by atoms with Gasteiger partial charge >= 0.3 is 0 Å². The molecule has 0 saturated heterocycles. The lowest BCUT2D eigenvalue weighted by Gasteiger charge is -2.00. The first-order valence-electron chi connectivity index (χ1n) is 3.94. The number of halogens is 1. The van der Waals surface area contributed by atoms with Crippen LogP contribution in [0.25, 0.3) is 0 Å². The van der Waals surface area contributed by atoms with Gasteiger partial charge in [0.05, 0.1) is 0 Å². The van der Waals surface area contributed by atoms with Gasteiger partial charge in [0.15, 0.2) is 0 Å². The molecule has 0 heterocycles. The molecule has 0 aromatic heterocycles. The third-order valence-corrected chi connectivity index (χ3v) is 1.86. The number of hydrogen-bond acceptors (Lipinski definition) is 2. The van der Waals surface area contributed by atoms with Gasteiger partial charge in [-0.1, -0.05) is 12.1 Å². The predicted octanol–water partition coefficient (Wildman–Crippen LogP) is 3.00. The van der Waals surface area contributed by atoms with Gasteiger partial charge < -0.3 is 10.7 Å². The zero-order chi connectivity index (χ0) is 9.52. The molecule has 0 bridgehead atoms. The van der Waals surface area contributed by atoms with Crippen molar-refractivity contribution in [3.8, 4) is 0 Å². The predicted molar refractivity (Wildman–Crippen MR) is 57.5 cm³/mol. The Balaban J connectivity index is 2.58. The van der Waals surface area contributed by atoms with Crippen molar-refractivity contribution < 1.29 is 0 Å². The molecule has 0 atom stereocenters. The van der Waals surface area contributed by atoms with Crippen molar-refractivity contribution in [2.45, 2.75) is 5.88 Å². The number of nitrogens with one attached hydrogen (secondary N) is 2. The summed E-state index contributed by atoms with van der Waals surface area (Å²) in [6, 6.07) is 7.83. The number of rotatable bonds is 4. The first kappa shape index (κ1) is 9.81. The fourth-order valence-corrected chi connectivity index (χ4v) is 1.06. The highest BCUT2D eigenvalue weighted by molar-refractivity contribution is 6.17. The van der Waals surface area contributed by atoms with E-state index >= 15 is 0 Å². The molecule has 2 nitrogen and oxygen atoms in total. The average molecular weight is 195 g/mol. The van der Waals surface area contributed by atoms with E-state index in [0.717, 1.165) is 11.3 Å². The Labute approximate surface area is 82.7 Å².